The molecule has 0 aromatic heterocycles. The Balaban J connectivity index is 1.98. The molecule has 0 unspecified atom stereocenters. The second-order valence-corrected chi connectivity index (χ2v) is 6.02. The first-order valence-electron chi connectivity index (χ1n) is 7.27. The maximum absolute atomic E-state index is 12.4. The summed E-state index contributed by atoms with van der Waals surface area (Å²) in [5, 5.41) is 12.0. The minimum atomic E-state index is -0.863. The molecule has 0 radical (unpaired) electrons. The first-order chi connectivity index (χ1) is 9.54. The molecule has 0 heterocycles. The van der Waals surface area contributed by atoms with Crippen LogP contribution in [0.4, 0.5) is 4.79 Å². The number of nitrogens with zero attached hydrogens (tertiary/aromatic N) is 1. The van der Waals surface area contributed by atoms with Crippen LogP contribution in [0.1, 0.15) is 44.9 Å². The molecule has 2 saturated carbocycles. The SMILES string of the molecule is C#CCN(CC1CC1)C(=O)NC1(CC(=O)O)CCCC1. The van der Waals surface area contributed by atoms with Crippen molar-refractivity contribution in [2.24, 2.45) is 5.92 Å². The largest absolute Gasteiger partial charge is 0.481 e. The molecule has 0 spiro atoms. The van der Waals surface area contributed by atoms with Crippen molar-refractivity contribution in [1.82, 2.24) is 10.2 Å². The van der Waals surface area contributed by atoms with Crippen molar-refractivity contribution in [1.29, 1.82) is 0 Å². The smallest absolute Gasteiger partial charge is 0.318 e. The van der Waals surface area contributed by atoms with Crippen LogP contribution in [0.25, 0.3) is 0 Å². The first-order valence-corrected chi connectivity index (χ1v) is 7.27. The van der Waals surface area contributed by atoms with Crippen LogP contribution >= 0.6 is 0 Å². The number of carboxylic acid groups (broad SMARTS) is 1. The lowest BCUT2D eigenvalue weighted by atomic mass is 9.93. The summed E-state index contributed by atoms with van der Waals surface area (Å²) >= 11 is 0. The van der Waals surface area contributed by atoms with Crippen LogP contribution in [0.5, 0.6) is 0 Å². The Hall–Kier alpha value is -1.70. The van der Waals surface area contributed by atoms with Gasteiger partial charge in [0.25, 0.3) is 0 Å². The highest BCUT2D eigenvalue weighted by molar-refractivity contribution is 5.77. The van der Waals surface area contributed by atoms with E-state index in [2.05, 4.69) is 11.2 Å². The second kappa shape index (κ2) is 6.17. The number of terminal acetylenes is 1. The van der Waals surface area contributed by atoms with E-state index in [1.54, 1.807) is 4.90 Å². The monoisotopic (exact) mass is 278 g/mol. The summed E-state index contributed by atoms with van der Waals surface area (Å²) in [5.74, 6) is 2.21. The number of aliphatic carboxylic acids is 1. The Kier molecular flexibility index (Phi) is 4.53. The second-order valence-electron chi connectivity index (χ2n) is 6.02. The van der Waals surface area contributed by atoms with E-state index in [-0.39, 0.29) is 19.0 Å². The van der Waals surface area contributed by atoms with Gasteiger partial charge < -0.3 is 15.3 Å². The molecule has 0 bridgehead atoms. The van der Waals surface area contributed by atoms with Gasteiger partial charge in [0.15, 0.2) is 0 Å². The molecule has 20 heavy (non-hydrogen) atoms. The molecule has 2 amide bonds. The molecule has 5 heteroatoms. The molecule has 110 valence electrons. The molecule has 2 N–H and O–H groups in total. The highest BCUT2D eigenvalue weighted by Gasteiger charge is 2.39. The summed E-state index contributed by atoms with van der Waals surface area (Å²) in [6.07, 6.45) is 11.0. The van der Waals surface area contributed by atoms with Crippen molar-refractivity contribution in [2.45, 2.75) is 50.5 Å². The van der Waals surface area contributed by atoms with E-state index in [0.717, 1.165) is 38.5 Å². The molecular weight excluding hydrogens is 256 g/mol. The fraction of sp³-hybridized carbons (Fsp3) is 0.733. The Morgan fingerprint density at radius 2 is 2.00 bits per heavy atom. The normalized spacial score (nSPS) is 20.1. The number of rotatable bonds is 6. The van der Waals surface area contributed by atoms with Gasteiger partial charge in [0, 0.05) is 6.54 Å². The Bertz CT molecular complexity index is 417. The third kappa shape index (κ3) is 3.89. The van der Waals surface area contributed by atoms with E-state index >= 15 is 0 Å². The summed E-state index contributed by atoms with van der Waals surface area (Å²) in [5.41, 5.74) is -0.584. The molecule has 5 nitrogen and oxygen atoms in total. The van der Waals surface area contributed by atoms with Crippen LogP contribution in [-0.4, -0.2) is 40.6 Å². The predicted octanol–water partition coefficient (Wildman–Crippen LogP) is 1.83. The third-order valence-electron chi connectivity index (χ3n) is 4.17. The van der Waals surface area contributed by atoms with Gasteiger partial charge in [-0.05, 0) is 31.6 Å². The summed E-state index contributed by atoms with van der Waals surface area (Å²) in [7, 11) is 0. The summed E-state index contributed by atoms with van der Waals surface area (Å²) in [6, 6.07) is -0.210. The van der Waals surface area contributed by atoms with Crippen LogP contribution in [0.15, 0.2) is 0 Å². The molecular formula is C15H22N2O3. The summed E-state index contributed by atoms with van der Waals surface area (Å²) in [6.45, 7) is 0.963. The number of carboxylic acids is 1. The molecule has 0 aromatic rings. The van der Waals surface area contributed by atoms with E-state index in [4.69, 9.17) is 11.5 Å². The zero-order chi connectivity index (χ0) is 14.6. The zero-order valence-corrected chi connectivity index (χ0v) is 11.7. The number of nitrogens with one attached hydrogen (secondary N) is 1. The van der Waals surface area contributed by atoms with Gasteiger partial charge in [0.2, 0.25) is 0 Å². The van der Waals surface area contributed by atoms with Crippen molar-refractivity contribution in [3.05, 3.63) is 0 Å². The standard InChI is InChI=1S/C15H22N2O3/c1-2-9-17(11-12-5-6-12)14(20)16-15(10-13(18)19)7-3-4-8-15/h1,12H,3-11H2,(H,16,20)(H,18,19). The molecule has 2 fully saturated rings. The van der Waals surface area contributed by atoms with Crippen LogP contribution in [0.3, 0.4) is 0 Å². The van der Waals surface area contributed by atoms with Gasteiger partial charge in [-0.1, -0.05) is 18.8 Å². The molecule has 0 aliphatic heterocycles. The fourth-order valence-corrected chi connectivity index (χ4v) is 2.93. The third-order valence-corrected chi connectivity index (χ3v) is 4.17. The average Bonchev–Trinajstić information content (AvgIpc) is 3.08. The minimum absolute atomic E-state index is 0.00787. The Morgan fingerprint density at radius 1 is 1.35 bits per heavy atom. The Labute approximate surface area is 119 Å². The molecule has 2 rings (SSSR count). The number of hydrogen-bond donors (Lipinski definition) is 2. The van der Waals surface area contributed by atoms with Crippen LogP contribution < -0.4 is 5.32 Å². The van der Waals surface area contributed by atoms with Gasteiger partial charge >= 0.3 is 12.0 Å². The van der Waals surface area contributed by atoms with Crippen LogP contribution in [-0.2, 0) is 4.79 Å². The van der Waals surface area contributed by atoms with Gasteiger partial charge in [0.05, 0.1) is 18.5 Å². The first kappa shape index (κ1) is 14.7. The van der Waals surface area contributed by atoms with E-state index in [1.165, 1.54) is 0 Å². The van der Waals surface area contributed by atoms with Crippen molar-refractivity contribution < 1.29 is 14.7 Å². The zero-order valence-electron chi connectivity index (χ0n) is 11.7. The molecule has 0 aromatic carbocycles. The Morgan fingerprint density at radius 3 is 2.50 bits per heavy atom. The van der Waals surface area contributed by atoms with Gasteiger partial charge in [-0.25, -0.2) is 4.79 Å². The average molecular weight is 278 g/mol. The van der Waals surface area contributed by atoms with Crippen LogP contribution in [0, 0.1) is 18.3 Å². The lowest BCUT2D eigenvalue weighted by Gasteiger charge is -2.32. The molecule has 0 saturated heterocycles. The van der Waals surface area contributed by atoms with E-state index < -0.39 is 11.5 Å². The van der Waals surface area contributed by atoms with Gasteiger partial charge in [-0.3, -0.25) is 4.79 Å². The minimum Gasteiger partial charge on any atom is -0.481 e. The van der Waals surface area contributed by atoms with E-state index in [1.807, 2.05) is 0 Å². The van der Waals surface area contributed by atoms with Crippen molar-refractivity contribution in [3.63, 3.8) is 0 Å². The summed E-state index contributed by atoms with van der Waals surface area (Å²) < 4.78 is 0. The molecule has 2 aliphatic rings. The molecule has 2 aliphatic carbocycles. The van der Waals surface area contributed by atoms with Gasteiger partial charge in [0.1, 0.15) is 0 Å². The van der Waals surface area contributed by atoms with Crippen molar-refractivity contribution in [3.8, 4) is 12.3 Å². The van der Waals surface area contributed by atoms with E-state index in [9.17, 15) is 9.59 Å². The lowest BCUT2D eigenvalue weighted by molar-refractivity contribution is -0.138. The highest BCUT2D eigenvalue weighted by Crippen LogP contribution is 2.33. The van der Waals surface area contributed by atoms with E-state index in [0.29, 0.717) is 12.5 Å². The topological polar surface area (TPSA) is 69.6 Å². The van der Waals surface area contributed by atoms with Crippen molar-refractivity contribution >= 4 is 12.0 Å². The maximum Gasteiger partial charge on any atom is 0.318 e. The number of amides is 2. The predicted molar refractivity (Wildman–Crippen MR) is 75.1 cm³/mol. The van der Waals surface area contributed by atoms with Crippen molar-refractivity contribution in [2.75, 3.05) is 13.1 Å². The number of carbonyl (C=O) groups is 2. The quantitative estimate of drug-likeness (QED) is 0.728. The maximum atomic E-state index is 12.4. The summed E-state index contributed by atoms with van der Waals surface area (Å²) in [4.78, 5) is 25.0. The fourth-order valence-electron chi connectivity index (χ4n) is 2.93. The lowest BCUT2D eigenvalue weighted by Crippen LogP contribution is -2.53. The van der Waals surface area contributed by atoms with Gasteiger partial charge in [-0.15, -0.1) is 6.42 Å². The number of urea groups is 1. The number of hydrogen-bond acceptors (Lipinski definition) is 2. The van der Waals surface area contributed by atoms with Crippen LogP contribution in [0.2, 0.25) is 0 Å². The highest BCUT2D eigenvalue weighted by atomic mass is 16.4. The number of carbonyl (C=O) groups excluding carboxylic acids is 1. The van der Waals surface area contributed by atoms with Gasteiger partial charge in [-0.2, -0.15) is 0 Å². The molecule has 0 atom stereocenters.